The molecule has 0 heterocycles. The van der Waals surface area contributed by atoms with Gasteiger partial charge in [-0.05, 0) is 116 Å². The summed E-state index contributed by atoms with van der Waals surface area (Å²) < 4.78 is 17.4. The Kier molecular flexibility index (Phi) is 53.4. The normalized spacial score (nSPS) is 13.0. The molecule has 5 heteroatoms. The zero-order chi connectivity index (χ0) is 47.7. The van der Waals surface area contributed by atoms with Crippen molar-refractivity contribution >= 4 is 11.9 Å². The van der Waals surface area contributed by atoms with E-state index in [4.69, 9.17) is 14.2 Å². The first-order valence-electron chi connectivity index (χ1n) is 27.8. The van der Waals surface area contributed by atoms with Crippen LogP contribution in [0.1, 0.15) is 252 Å². The Morgan fingerprint density at radius 1 is 0.348 bits per heavy atom. The first-order chi connectivity index (χ1) is 32.6. The highest BCUT2D eigenvalue weighted by Crippen LogP contribution is 2.14. The van der Waals surface area contributed by atoms with Crippen molar-refractivity contribution in [1.82, 2.24) is 0 Å². The van der Waals surface area contributed by atoms with Crippen molar-refractivity contribution in [2.24, 2.45) is 0 Å². The Morgan fingerprint density at radius 3 is 1.17 bits per heavy atom. The van der Waals surface area contributed by atoms with Gasteiger partial charge in [-0.1, -0.05) is 221 Å². The molecular formula is C61H104O5. The van der Waals surface area contributed by atoms with Crippen LogP contribution in [-0.4, -0.2) is 37.9 Å². The second-order valence-electron chi connectivity index (χ2n) is 18.1. The van der Waals surface area contributed by atoms with Crippen LogP contribution < -0.4 is 0 Å². The van der Waals surface area contributed by atoms with Crippen LogP contribution in [0.4, 0.5) is 0 Å². The van der Waals surface area contributed by atoms with E-state index in [0.717, 1.165) is 103 Å². The van der Waals surface area contributed by atoms with E-state index < -0.39 is 6.10 Å². The highest BCUT2D eigenvalue weighted by Gasteiger charge is 2.17. The molecular weight excluding hydrogens is 813 g/mol. The van der Waals surface area contributed by atoms with E-state index in [1.54, 1.807) is 0 Å². The number of esters is 2. The van der Waals surface area contributed by atoms with Gasteiger partial charge in [-0.2, -0.15) is 0 Å². The molecule has 0 bridgehead atoms. The summed E-state index contributed by atoms with van der Waals surface area (Å²) >= 11 is 0. The van der Waals surface area contributed by atoms with Crippen LogP contribution in [-0.2, 0) is 23.8 Å². The van der Waals surface area contributed by atoms with Crippen molar-refractivity contribution < 1.29 is 23.8 Å². The largest absolute Gasteiger partial charge is 0.462 e. The third kappa shape index (κ3) is 53.4. The van der Waals surface area contributed by atoms with Gasteiger partial charge in [0.05, 0.1) is 6.61 Å². The minimum absolute atomic E-state index is 0.0595. The van der Waals surface area contributed by atoms with Gasteiger partial charge in [0.15, 0.2) is 6.10 Å². The standard InChI is InChI=1S/C61H104O5/c1-4-7-10-13-16-19-22-24-26-28-30-32-34-36-38-41-44-47-50-53-56-64-57-59(66-61(63)55-52-49-46-43-39-21-18-15-12-9-6-3)58-65-60(62)54-51-48-45-42-40-37-35-33-31-29-27-25-23-20-17-14-11-8-5-2/h8,11,15-20,24-27,31,33,37,40,59H,4-7,9-10,12-14,21-23,28-30,32,34-36,38-39,41-58H2,1-3H3/b11-8-,18-15-,19-16-,20-17-,26-24-,27-25-,33-31-,40-37-. The molecule has 5 nitrogen and oxygen atoms in total. The number of carbonyl (C=O) groups is 2. The van der Waals surface area contributed by atoms with E-state index in [2.05, 4.69) is 118 Å². The van der Waals surface area contributed by atoms with Gasteiger partial charge < -0.3 is 14.2 Å². The lowest BCUT2D eigenvalue weighted by Crippen LogP contribution is -2.30. The van der Waals surface area contributed by atoms with Gasteiger partial charge in [0.25, 0.3) is 0 Å². The Balaban J connectivity index is 4.29. The minimum Gasteiger partial charge on any atom is -0.462 e. The molecule has 0 aromatic carbocycles. The SMILES string of the molecule is CC/C=C\C/C=C\C/C=C\C/C=C\C/C=C\CCCCCC(=O)OCC(COCCCCCCCCCCCC/C=C\C/C=C\CCCCC)OC(=O)CCCCCCC/C=C\CCCC. The maximum absolute atomic E-state index is 12.8. The highest BCUT2D eigenvalue weighted by molar-refractivity contribution is 5.70. The van der Waals surface area contributed by atoms with Crippen molar-refractivity contribution in [3.63, 3.8) is 0 Å². The predicted octanol–water partition coefficient (Wildman–Crippen LogP) is 19.0. The predicted molar refractivity (Wildman–Crippen MR) is 288 cm³/mol. The summed E-state index contributed by atoms with van der Waals surface area (Å²) in [4.78, 5) is 25.4. The Morgan fingerprint density at radius 2 is 0.697 bits per heavy atom. The van der Waals surface area contributed by atoms with E-state index in [9.17, 15) is 9.59 Å². The van der Waals surface area contributed by atoms with Gasteiger partial charge in [0.2, 0.25) is 0 Å². The third-order valence-electron chi connectivity index (χ3n) is 11.6. The van der Waals surface area contributed by atoms with E-state index in [1.807, 2.05) is 0 Å². The molecule has 0 aromatic heterocycles. The fourth-order valence-electron chi connectivity index (χ4n) is 7.43. The molecule has 0 spiro atoms. The topological polar surface area (TPSA) is 61.8 Å². The number of ether oxygens (including phenoxy) is 3. The van der Waals surface area contributed by atoms with Crippen molar-refractivity contribution in [3.8, 4) is 0 Å². The third-order valence-corrected chi connectivity index (χ3v) is 11.6. The molecule has 0 rings (SSSR count). The molecule has 0 aliphatic heterocycles. The first-order valence-corrected chi connectivity index (χ1v) is 27.8. The molecule has 0 saturated heterocycles. The highest BCUT2D eigenvalue weighted by atomic mass is 16.6. The van der Waals surface area contributed by atoms with Crippen LogP contribution in [0, 0.1) is 0 Å². The number of carbonyl (C=O) groups excluding carboxylic acids is 2. The molecule has 0 radical (unpaired) electrons. The summed E-state index contributed by atoms with van der Waals surface area (Å²) in [5, 5.41) is 0. The monoisotopic (exact) mass is 917 g/mol. The quantitative estimate of drug-likeness (QED) is 0.0346. The van der Waals surface area contributed by atoms with Crippen LogP contribution in [0.25, 0.3) is 0 Å². The van der Waals surface area contributed by atoms with Gasteiger partial charge in [0, 0.05) is 19.4 Å². The zero-order valence-corrected chi connectivity index (χ0v) is 43.4. The van der Waals surface area contributed by atoms with Crippen molar-refractivity contribution in [3.05, 3.63) is 97.2 Å². The van der Waals surface area contributed by atoms with Crippen molar-refractivity contribution in [2.45, 2.75) is 258 Å². The average Bonchev–Trinajstić information content (AvgIpc) is 3.32. The Hall–Kier alpha value is -3.18. The van der Waals surface area contributed by atoms with Gasteiger partial charge in [-0.25, -0.2) is 0 Å². The van der Waals surface area contributed by atoms with Crippen molar-refractivity contribution in [2.75, 3.05) is 19.8 Å². The Bertz CT molecular complexity index is 1270. The van der Waals surface area contributed by atoms with Crippen LogP contribution in [0.3, 0.4) is 0 Å². The molecule has 0 amide bonds. The lowest BCUT2D eigenvalue weighted by molar-refractivity contribution is -0.163. The van der Waals surface area contributed by atoms with Crippen molar-refractivity contribution in [1.29, 1.82) is 0 Å². The van der Waals surface area contributed by atoms with E-state index in [1.165, 1.54) is 116 Å². The summed E-state index contributed by atoms with van der Waals surface area (Å²) in [5.41, 5.74) is 0. The van der Waals surface area contributed by atoms with Crippen LogP contribution in [0.15, 0.2) is 97.2 Å². The van der Waals surface area contributed by atoms with Gasteiger partial charge >= 0.3 is 11.9 Å². The molecule has 0 saturated carbocycles. The van der Waals surface area contributed by atoms with Crippen LogP contribution in [0.5, 0.6) is 0 Å². The number of hydrogen-bond acceptors (Lipinski definition) is 5. The number of unbranched alkanes of at least 4 members (excludes halogenated alkanes) is 23. The van der Waals surface area contributed by atoms with Gasteiger partial charge in [-0.3, -0.25) is 9.59 Å². The fraction of sp³-hybridized carbons (Fsp3) is 0.705. The van der Waals surface area contributed by atoms with Crippen LogP contribution >= 0.6 is 0 Å². The summed E-state index contributed by atoms with van der Waals surface area (Å²) in [6, 6.07) is 0. The molecule has 0 aliphatic rings. The summed E-state index contributed by atoms with van der Waals surface area (Å²) in [6.07, 6.45) is 75.7. The van der Waals surface area contributed by atoms with E-state index >= 15 is 0 Å². The lowest BCUT2D eigenvalue weighted by atomic mass is 10.1. The summed E-state index contributed by atoms with van der Waals surface area (Å²) in [5.74, 6) is -0.447. The van der Waals surface area contributed by atoms with Gasteiger partial charge in [-0.15, -0.1) is 0 Å². The maximum Gasteiger partial charge on any atom is 0.306 e. The number of rotatable bonds is 50. The summed E-state index contributed by atoms with van der Waals surface area (Å²) in [7, 11) is 0. The van der Waals surface area contributed by atoms with Crippen LogP contribution in [0.2, 0.25) is 0 Å². The maximum atomic E-state index is 12.8. The smallest absolute Gasteiger partial charge is 0.306 e. The minimum atomic E-state index is -0.561. The number of hydrogen-bond donors (Lipinski definition) is 0. The molecule has 0 fully saturated rings. The Labute approximate surface area is 409 Å². The lowest BCUT2D eigenvalue weighted by Gasteiger charge is -2.18. The molecule has 1 unspecified atom stereocenters. The van der Waals surface area contributed by atoms with E-state index in [0.29, 0.717) is 19.4 Å². The molecule has 0 aliphatic carbocycles. The zero-order valence-electron chi connectivity index (χ0n) is 43.4. The number of allylic oxidation sites excluding steroid dienone is 16. The second kappa shape index (κ2) is 56.1. The van der Waals surface area contributed by atoms with Gasteiger partial charge in [0.1, 0.15) is 6.61 Å². The molecule has 1 atom stereocenters. The molecule has 378 valence electrons. The summed E-state index contributed by atoms with van der Waals surface area (Å²) in [6.45, 7) is 7.61. The van der Waals surface area contributed by atoms with E-state index in [-0.39, 0.29) is 25.2 Å². The molecule has 66 heavy (non-hydrogen) atoms. The fourth-order valence-corrected chi connectivity index (χ4v) is 7.43. The molecule has 0 aromatic rings. The molecule has 0 N–H and O–H groups in total. The first kappa shape index (κ1) is 62.8. The average molecular weight is 917 g/mol. The second-order valence-corrected chi connectivity index (χ2v) is 18.1.